The number of hydrogen-bond acceptors (Lipinski definition) is 9. The molecular formula is C18H16N6O3. The zero-order valence-corrected chi connectivity index (χ0v) is 14.6. The van der Waals surface area contributed by atoms with Crippen molar-refractivity contribution < 1.29 is 13.8 Å². The van der Waals surface area contributed by atoms with Gasteiger partial charge in [0.25, 0.3) is 0 Å². The average Bonchev–Trinajstić information content (AvgIpc) is 3.39. The highest BCUT2D eigenvalue weighted by Gasteiger charge is 2.12. The number of aromatic nitrogens is 6. The van der Waals surface area contributed by atoms with Crippen LogP contribution in [0.3, 0.4) is 0 Å². The maximum absolute atomic E-state index is 5.32. The van der Waals surface area contributed by atoms with E-state index >= 15 is 0 Å². The summed E-state index contributed by atoms with van der Waals surface area (Å²) < 4.78 is 15.8. The van der Waals surface area contributed by atoms with E-state index in [-0.39, 0.29) is 0 Å². The van der Waals surface area contributed by atoms with Crippen LogP contribution >= 0.6 is 0 Å². The van der Waals surface area contributed by atoms with Gasteiger partial charge < -0.3 is 13.8 Å². The Morgan fingerprint density at radius 3 is 2.44 bits per heavy atom. The van der Waals surface area contributed by atoms with Gasteiger partial charge in [0.2, 0.25) is 23.4 Å². The van der Waals surface area contributed by atoms with E-state index in [0.717, 1.165) is 17.7 Å². The van der Waals surface area contributed by atoms with Gasteiger partial charge in [-0.2, -0.15) is 15.1 Å². The molecule has 0 atom stereocenters. The minimum Gasteiger partial charge on any atom is -0.497 e. The van der Waals surface area contributed by atoms with Gasteiger partial charge in [-0.15, -0.1) is 5.10 Å². The summed E-state index contributed by atoms with van der Waals surface area (Å²) >= 11 is 0. The monoisotopic (exact) mass is 364 g/mol. The molecule has 1 aromatic carbocycles. The molecule has 0 fully saturated rings. The number of ether oxygens (including phenoxy) is 1. The summed E-state index contributed by atoms with van der Waals surface area (Å²) in [5.74, 6) is 2.79. The maximum atomic E-state index is 5.32. The lowest BCUT2D eigenvalue weighted by molar-refractivity contribution is 0.359. The van der Waals surface area contributed by atoms with Crippen molar-refractivity contribution in [2.24, 2.45) is 0 Å². The Bertz CT molecular complexity index is 1010. The summed E-state index contributed by atoms with van der Waals surface area (Å²) in [5.41, 5.74) is 1.42. The molecule has 0 saturated carbocycles. The molecule has 0 saturated heterocycles. The van der Waals surface area contributed by atoms with Crippen molar-refractivity contribution in [3.63, 3.8) is 0 Å². The maximum Gasteiger partial charge on any atom is 0.227 e. The van der Waals surface area contributed by atoms with Crippen LogP contribution in [0.25, 0.3) is 22.9 Å². The number of methoxy groups -OCH3 is 1. The summed E-state index contributed by atoms with van der Waals surface area (Å²) in [7, 11) is 1.62. The molecule has 0 radical (unpaired) electrons. The molecule has 27 heavy (non-hydrogen) atoms. The molecule has 0 spiro atoms. The fourth-order valence-electron chi connectivity index (χ4n) is 2.51. The fourth-order valence-corrected chi connectivity index (χ4v) is 2.51. The van der Waals surface area contributed by atoms with Gasteiger partial charge in [-0.3, -0.25) is 0 Å². The Morgan fingerprint density at radius 2 is 1.70 bits per heavy atom. The van der Waals surface area contributed by atoms with Crippen LogP contribution in [0.1, 0.15) is 18.2 Å². The quantitative estimate of drug-likeness (QED) is 0.488. The fraction of sp³-hybridized carbons (Fsp3) is 0.222. The Kier molecular flexibility index (Phi) is 4.82. The number of aryl methyl sites for hydroxylation is 2. The second kappa shape index (κ2) is 7.73. The van der Waals surface area contributed by atoms with E-state index in [1.54, 1.807) is 25.4 Å². The van der Waals surface area contributed by atoms with Crippen LogP contribution in [0.2, 0.25) is 0 Å². The van der Waals surface area contributed by atoms with E-state index in [1.807, 2.05) is 24.3 Å². The van der Waals surface area contributed by atoms with Gasteiger partial charge in [0.05, 0.1) is 7.11 Å². The normalized spacial score (nSPS) is 10.9. The van der Waals surface area contributed by atoms with E-state index in [1.165, 1.54) is 0 Å². The third-order valence-corrected chi connectivity index (χ3v) is 3.85. The Morgan fingerprint density at radius 1 is 0.926 bits per heavy atom. The smallest absolute Gasteiger partial charge is 0.227 e. The predicted molar refractivity (Wildman–Crippen MR) is 93.6 cm³/mol. The third-order valence-electron chi connectivity index (χ3n) is 3.85. The second-order valence-electron chi connectivity index (χ2n) is 5.72. The van der Waals surface area contributed by atoms with Crippen LogP contribution in [0.5, 0.6) is 5.75 Å². The minimum atomic E-state index is 0.427. The van der Waals surface area contributed by atoms with Gasteiger partial charge in [0.1, 0.15) is 11.4 Å². The van der Waals surface area contributed by atoms with Crippen LogP contribution in [0.4, 0.5) is 0 Å². The Balaban J connectivity index is 1.35. The highest BCUT2D eigenvalue weighted by Crippen LogP contribution is 2.21. The molecule has 0 aliphatic carbocycles. The van der Waals surface area contributed by atoms with Crippen LogP contribution in [-0.2, 0) is 12.8 Å². The van der Waals surface area contributed by atoms with Crippen molar-refractivity contribution >= 4 is 0 Å². The molecule has 0 N–H and O–H groups in total. The SMILES string of the molecule is COc1cccc(-c2noc(CCCc3nc(-c4cccnn4)no3)n2)c1. The van der Waals surface area contributed by atoms with Gasteiger partial charge in [-0.25, -0.2) is 0 Å². The molecule has 4 rings (SSSR count). The molecule has 0 amide bonds. The first kappa shape index (κ1) is 16.8. The largest absolute Gasteiger partial charge is 0.497 e. The van der Waals surface area contributed by atoms with E-state index in [2.05, 4.69) is 30.5 Å². The number of nitrogens with zero attached hydrogens (tertiary/aromatic N) is 6. The minimum absolute atomic E-state index is 0.427. The molecule has 136 valence electrons. The van der Waals surface area contributed by atoms with Crippen molar-refractivity contribution in [1.29, 1.82) is 0 Å². The van der Waals surface area contributed by atoms with Crippen molar-refractivity contribution in [2.45, 2.75) is 19.3 Å². The summed E-state index contributed by atoms with van der Waals surface area (Å²) in [6, 6.07) is 11.1. The van der Waals surface area contributed by atoms with Gasteiger partial charge in [0.15, 0.2) is 0 Å². The molecule has 0 aliphatic heterocycles. The molecule has 3 aromatic heterocycles. The van der Waals surface area contributed by atoms with Crippen molar-refractivity contribution in [3.05, 3.63) is 54.4 Å². The second-order valence-corrected chi connectivity index (χ2v) is 5.72. The first-order chi connectivity index (χ1) is 13.3. The van der Waals surface area contributed by atoms with Crippen molar-refractivity contribution in [3.8, 4) is 28.7 Å². The lowest BCUT2D eigenvalue weighted by Crippen LogP contribution is -1.92. The number of hydrogen-bond donors (Lipinski definition) is 0. The van der Waals surface area contributed by atoms with E-state index in [9.17, 15) is 0 Å². The highest BCUT2D eigenvalue weighted by atomic mass is 16.5. The Labute approximate surface area is 154 Å². The van der Waals surface area contributed by atoms with Crippen LogP contribution in [0, 0.1) is 0 Å². The Hall–Kier alpha value is -3.62. The molecule has 3 heterocycles. The molecule has 4 aromatic rings. The summed E-state index contributed by atoms with van der Waals surface area (Å²) in [6.45, 7) is 0. The molecule has 9 nitrogen and oxygen atoms in total. The van der Waals surface area contributed by atoms with E-state index in [0.29, 0.717) is 42.0 Å². The molecule has 0 unspecified atom stereocenters. The first-order valence-corrected chi connectivity index (χ1v) is 8.39. The zero-order chi connectivity index (χ0) is 18.5. The van der Waals surface area contributed by atoms with E-state index in [4.69, 9.17) is 13.8 Å². The molecular weight excluding hydrogens is 348 g/mol. The van der Waals surface area contributed by atoms with Crippen LogP contribution in [0.15, 0.2) is 51.6 Å². The lowest BCUT2D eigenvalue weighted by Gasteiger charge is -1.99. The highest BCUT2D eigenvalue weighted by molar-refractivity contribution is 5.56. The zero-order valence-electron chi connectivity index (χ0n) is 14.6. The molecule has 9 heteroatoms. The van der Waals surface area contributed by atoms with Gasteiger partial charge >= 0.3 is 0 Å². The topological polar surface area (TPSA) is 113 Å². The predicted octanol–water partition coefficient (Wildman–Crippen LogP) is 2.76. The standard InChI is InChI=1S/C18H16N6O3/c1-25-13-6-2-5-12(11-13)17-20-15(26-23-17)8-3-9-16-21-18(24-27-16)14-7-4-10-19-22-14/h2,4-7,10-11H,3,8-9H2,1H3. The molecule has 0 bridgehead atoms. The van der Waals surface area contributed by atoms with Gasteiger partial charge in [-0.05, 0) is 30.7 Å². The average molecular weight is 364 g/mol. The first-order valence-electron chi connectivity index (χ1n) is 8.39. The number of rotatable bonds is 7. The van der Waals surface area contributed by atoms with Crippen molar-refractivity contribution in [2.75, 3.05) is 7.11 Å². The third kappa shape index (κ3) is 3.97. The van der Waals surface area contributed by atoms with E-state index < -0.39 is 0 Å². The summed E-state index contributed by atoms with van der Waals surface area (Å²) in [4.78, 5) is 8.74. The molecule has 0 aliphatic rings. The van der Waals surface area contributed by atoms with Crippen LogP contribution in [-0.4, -0.2) is 37.6 Å². The summed E-state index contributed by atoms with van der Waals surface area (Å²) in [5, 5.41) is 15.7. The van der Waals surface area contributed by atoms with Crippen LogP contribution < -0.4 is 4.74 Å². The van der Waals surface area contributed by atoms with Crippen molar-refractivity contribution in [1.82, 2.24) is 30.5 Å². The number of benzene rings is 1. The lowest BCUT2D eigenvalue weighted by atomic mass is 10.2. The van der Waals surface area contributed by atoms with Gasteiger partial charge in [0, 0.05) is 24.6 Å². The van der Waals surface area contributed by atoms with Gasteiger partial charge in [-0.1, -0.05) is 22.4 Å². The summed E-state index contributed by atoms with van der Waals surface area (Å²) in [6.07, 6.45) is 3.54.